The number of hydrogen-bond donors (Lipinski definition) is 3. The number of nitrogens with one attached hydrogen (secondary N) is 2. The minimum Gasteiger partial charge on any atom is -0.373 e. The first kappa shape index (κ1) is 24.3. The SMILES string of the molecule is CCC(C)(C#N)c1cccc(C(N)=O)c1-c1ccc(C)c(Nc2ncnn2-c2cc(NC)ncn2)c1. The van der Waals surface area contributed by atoms with Gasteiger partial charge in [0.1, 0.15) is 18.5 Å². The Hall–Kier alpha value is -4.78. The number of hydrogen-bond acceptors (Lipinski definition) is 8. The Balaban J connectivity index is 1.83. The van der Waals surface area contributed by atoms with Gasteiger partial charge in [-0.3, -0.25) is 4.79 Å². The molecule has 0 fully saturated rings. The van der Waals surface area contributed by atoms with Crippen LogP contribution in [0.15, 0.2) is 55.1 Å². The fourth-order valence-corrected chi connectivity index (χ4v) is 3.98. The van der Waals surface area contributed by atoms with Crippen LogP contribution >= 0.6 is 0 Å². The fourth-order valence-electron chi connectivity index (χ4n) is 3.98. The smallest absolute Gasteiger partial charge is 0.249 e. The molecule has 2 aromatic heterocycles. The third kappa shape index (κ3) is 4.46. The van der Waals surface area contributed by atoms with Crippen LogP contribution in [0.4, 0.5) is 17.5 Å². The number of amides is 1. The monoisotopic (exact) mass is 481 g/mol. The largest absolute Gasteiger partial charge is 0.373 e. The average Bonchev–Trinajstić information content (AvgIpc) is 3.37. The lowest BCUT2D eigenvalue weighted by atomic mass is 9.76. The van der Waals surface area contributed by atoms with Gasteiger partial charge in [0.2, 0.25) is 11.9 Å². The predicted octanol–water partition coefficient (Wildman–Crippen LogP) is 4.11. The van der Waals surface area contributed by atoms with Crippen LogP contribution in [-0.4, -0.2) is 37.7 Å². The van der Waals surface area contributed by atoms with Crippen molar-refractivity contribution < 1.29 is 4.79 Å². The summed E-state index contributed by atoms with van der Waals surface area (Å²) >= 11 is 0. The van der Waals surface area contributed by atoms with E-state index in [-0.39, 0.29) is 0 Å². The average molecular weight is 482 g/mol. The number of nitriles is 1. The van der Waals surface area contributed by atoms with Crippen LogP contribution in [0.1, 0.15) is 41.8 Å². The molecule has 0 aliphatic rings. The second kappa shape index (κ2) is 9.84. The van der Waals surface area contributed by atoms with Crippen molar-refractivity contribution in [1.29, 1.82) is 5.26 Å². The molecular weight excluding hydrogens is 454 g/mol. The number of rotatable bonds is 8. The molecule has 4 aromatic rings. The van der Waals surface area contributed by atoms with Crippen molar-refractivity contribution in [1.82, 2.24) is 24.7 Å². The first-order chi connectivity index (χ1) is 17.3. The fraction of sp³-hybridized carbons (Fsp3) is 0.231. The van der Waals surface area contributed by atoms with Gasteiger partial charge in [-0.05, 0) is 54.7 Å². The van der Waals surface area contributed by atoms with Gasteiger partial charge in [-0.1, -0.05) is 31.2 Å². The van der Waals surface area contributed by atoms with E-state index in [0.29, 0.717) is 35.1 Å². The highest BCUT2D eigenvalue weighted by atomic mass is 16.1. The van der Waals surface area contributed by atoms with E-state index in [9.17, 15) is 10.1 Å². The molecule has 0 saturated heterocycles. The lowest BCUT2D eigenvalue weighted by Crippen LogP contribution is -2.22. The third-order valence-electron chi connectivity index (χ3n) is 6.32. The van der Waals surface area contributed by atoms with Gasteiger partial charge in [0, 0.05) is 24.4 Å². The molecule has 0 aliphatic heterocycles. The van der Waals surface area contributed by atoms with Gasteiger partial charge in [0.15, 0.2) is 5.82 Å². The minimum atomic E-state index is -0.794. The number of nitrogens with two attached hydrogens (primary N) is 1. The summed E-state index contributed by atoms with van der Waals surface area (Å²) in [5.41, 5.74) is 9.18. The summed E-state index contributed by atoms with van der Waals surface area (Å²) in [7, 11) is 1.77. The van der Waals surface area contributed by atoms with Gasteiger partial charge in [0.05, 0.1) is 11.5 Å². The van der Waals surface area contributed by atoms with E-state index < -0.39 is 11.3 Å². The Morgan fingerprint density at radius 3 is 2.67 bits per heavy atom. The molecule has 182 valence electrons. The van der Waals surface area contributed by atoms with Crippen molar-refractivity contribution >= 4 is 23.4 Å². The highest BCUT2D eigenvalue weighted by Crippen LogP contribution is 2.39. The zero-order chi connectivity index (χ0) is 25.9. The molecule has 1 atom stereocenters. The molecule has 4 rings (SSSR count). The zero-order valence-electron chi connectivity index (χ0n) is 20.6. The molecule has 1 unspecified atom stereocenters. The Bertz CT molecular complexity index is 1470. The number of benzene rings is 2. The number of carbonyl (C=O) groups is 1. The number of nitrogens with zero attached hydrogens (tertiary/aromatic N) is 6. The molecule has 2 aromatic carbocycles. The van der Waals surface area contributed by atoms with E-state index in [0.717, 1.165) is 22.4 Å². The van der Waals surface area contributed by atoms with E-state index >= 15 is 0 Å². The van der Waals surface area contributed by atoms with Crippen LogP contribution in [0.5, 0.6) is 0 Å². The number of aromatic nitrogens is 5. The zero-order valence-corrected chi connectivity index (χ0v) is 20.6. The maximum atomic E-state index is 12.4. The molecule has 0 spiro atoms. The second-order valence-corrected chi connectivity index (χ2v) is 8.55. The molecule has 2 heterocycles. The maximum Gasteiger partial charge on any atom is 0.249 e. The number of carbonyl (C=O) groups excluding carboxylic acids is 1. The minimum absolute atomic E-state index is 0.362. The van der Waals surface area contributed by atoms with Crippen LogP contribution in [0, 0.1) is 18.3 Å². The molecular formula is C26H27N9O. The van der Waals surface area contributed by atoms with Crippen LogP contribution in [0.2, 0.25) is 0 Å². The summed E-state index contributed by atoms with van der Waals surface area (Å²) in [6.45, 7) is 5.78. The summed E-state index contributed by atoms with van der Waals surface area (Å²) < 4.78 is 1.57. The van der Waals surface area contributed by atoms with Crippen molar-refractivity contribution in [3.05, 3.63) is 71.8 Å². The Labute approximate surface area is 209 Å². The number of anilines is 3. The predicted molar refractivity (Wildman–Crippen MR) is 138 cm³/mol. The molecule has 0 radical (unpaired) electrons. The molecule has 0 aliphatic carbocycles. The molecule has 0 saturated carbocycles. The lowest BCUT2D eigenvalue weighted by molar-refractivity contribution is 0.100. The van der Waals surface area contributed by atoms with Crippen molar-refractivity contribution in [3.8, 4) is 23.0 Å². The quantitative estimate of drug-likeness (QED) is 0.341. The molecule has 1 amide bonds. The van der Waals surface area contributed by atoms with Gasteiger partial charge in [-0.15, -0.1) is 0 Å². The van der Waals surface area contributed by atoms with Crippen molar-refractivity contribution in [2.45, 2.75) is 32.6 Å². The highest BCUT2D eigenvalue weighted by Gasteiger charge is 2.30. The first-order valence-electron chi connectivity index (χ1n) is 11.4. The summed E-state index contributed by atoms with van der Waals surface area (Å²) in [4.78, 5) is 25.2. The van der Waals surface area contributed by atoms with Gasteiger partial charge >= 0.3 is 0 Å². The lowest BCUT2D eigenvalue weighted by Gasteiger charge is -2.25. The molecule has 36 heavy (non-hydrogen) atoms. The van der Waals surface area contributed by atoms with E-state index in [1.165, 1.54) is 12.7 Å². The second-order valence-electron chi connectivity index (χ2n) is 8.55. The van der Waals surface area contributed by atoms with Crippen LogP contribution in [0.3, 0.4) is 0 Å². The van der Waals surface area contributed by atoms with E-state index in [2.05, 4.69) is 36.8 Å². The van der Waals surface area contributed by atoms with Crippen LogP contribution in [-0.2, 0) is 5.41 Å². The van der Waals surface area contributed by atoms with E-state index in [1.807, 2.05) is 45.0 Å². The van der Waals surface area contributed by atoms with Crippen molar-refractivity contribution in [2.75, 3.05) is 17.7 Å². The molecule has 4 N–H and O–H groups in total. The standard InChI is InChI=1S/C26H27N9O/c1-5-26(3,13-27)19-8-6-7-18(24(28)36)23(19)17-10-9-16(2)20(11-17)34-25-32-15-33-35(25)22-12-21(29-4)30-14-31-22/h6-12,14-15H,5H2,1-4H3,(H2,28,36)(H,29,30,31)(H,32,33,34). The van der Waals surface area contributed by atoms with Crippen molar-refractivity contribution in [2.24, 2.45) is 5.73 Å². The summed E-state index contributed by atoms with van der Waals surface area (Å²) in [6.07, 6.45) is 3.45. The van der Waals surface area contributed by atoms with Gasteiger partial charge in [-0.25, -0.2) is 9.97 Å². The summed E-state index contributed by atoms with van der Waals surface area (Å²) in [5.74, 6) is 1.08. The van der Waals surface area contributed by atoms with E-state index in [4.69, 9.17) is 5.73 Å². The Morgan fingerprint density at radius 2 is 1.97 bits per heavy atom. The topological polar surface area (TPSA) is 147 Å². The molecule has 10 heteroatoms. The third-order valence-corrected chi connectivity index (χ3v) is 6.32. The van der Waals surface area contributed by atoms with E-state index in [1.54, 1.807) is 29.9 Å². The normalized spacial score (nSPS) is 12.4. The van der Waals surface area contributed by atoms with Crippen LogP contribution in [0.25, 0.3) is 16.9 Å². The Morgan fingerprint density at radius 1 is 1.17 bits per heavy atom. The highest BCUT2D eigenvalue weighted by molar-refractivity contribution is 6.01. The maximum absolute atomic E-state index is 12.4. The van der Waals surface area contributed by atoms with Crippen molar-refractivity contribution in [3.63, 3.8) is 0 Å². The summed E-state index contributed by atoms with van der Waals surface area (Å²) in [5, 5.41) is 20.6. The van der Waals surface area contributed by atoms with Gasteiger partial charge < -0.3 is 16.4 Å². The number of aryl methyl sites for hydroxylation is 1. The van der Waals surface area contributed by atoms with Gasteiger partial charge in [-0.2, -0.15) is 20.0 Å². The number of primary amides is 1. The van der Waals surface area contributed by atoms with Gasteiger partial charge in [0.25, 0.3) is 0 Å². The van der Waals surface area contributed by atoms with Crippen LogP contribution < -0.4 is 16.4 Å². The summed E-state index contributed by atoms with van der Waals surface area (Å²) in [6, 6.07) is 15.3. The Kier molecular flexibility index (Phi) is 6.65. The molecule has 0 bridgehead atoms. The first-order valence-corrected chi connectivity index (χ1v) is 11.4. The molecule has 10 nitrogen and oxygen atoms in total.